The van der Waals surface area contributed by atoms with Gasteiger partial charge in [-0.05, 0) is 6.92 Å². The highest BCUT2D eigenvalue weighted by Crippen LogP contribution is 2.19. The Labute approximate surface area is 98.8 Å². The van der Waals surface area contributed by atoms with Crippen molar-refractivity contribution in [3.05, 3.63) is 17.7 Å². The van der Waals surface area contributed by atoms with E-state index in [-0.39, 0.29) is 5.82 Å². The van der Waals surface area contributed by atoms with E-state index in [1.807, 2.05) is 5.32 Å². The number of imidazole rings is 1. The first kappa shape index (κ1) is 14.4. The number of carbonyl (C=O) groups excluding carboxylic acids is 1. The maximum Gasteiger partial charge on any atom is 0.390 e. The molecule has 18 heavy (non-hydrogen) atoms. The average molecular weight is 271 g/mol. The summed E-state index contributed by atoms with van der Waals surface area (Å²) < 4.78 is 61.0. The first-order valence-corrected chi connectivity index (χ1v) is 4.89. The van der Waals surface area contributed by atoms with Gasteiger partial charge in [0.05, 0.1) is 12.6 Å². The molecule has 102 valence electrons. The zero-order valence-electron chi connectivity index (χ0n) is 9.26. The fourth-order valence-electron chi connectivity index (χ4n) is 1.28. The lowest BCUT2D eigenvalue weighted by atomic mass is 10.3. The second-order valence-corrected chi connectivity index (χ2v) is 3.46. The average Bonchev–Trinajstić information content (AvgIpc) is 2.58. The summed E-state index contributed by atoms with van der Waals surface area (Å²) in [4.78, 5) is 14.9. The van der Waals surface area contributed by atoms with Gasteiger partial charge >= 0.3 is 12.7 Å². The quantitative estimate of drug-likeness (QED) is 0.854. The molecule has 1 aromatic rings. The smallest absolute Gasteiger partial charge is 0.350 e. The molecule has 0 unspecified atom stereocenters. The Morgan fingerprint density at radius 1 is 1.50 bits per heavy atom. The number of aryl methyl sites for hydroxylation is 1. The summed E-state index contributed by atoms with van der Waals surface area (Å²) in [5, 5.41) is 1.91. The van der Waals surface area contributed by atoms with Crippen LogP contribution in [0.2, 0.25) is 0 Å². The molecule has 4 nitrogen and oxygen atoms in total. The Bertz CT molecular complexity index is 426. The number of hydrogen-bond donors (Lipinski definition) is 1. The third-order valence-electron chi connectivity index (χ3n) is 2.10. The molecule has 1 aromatic heterocycles. The van der Waals surface area contributed by atoms with E-state index in [0.29, 0.717) is 4.57 Å². The number of nitrogens with one attached hydrogen (secondary N) is 1. The molecule has 1 rings (SSSR count). The lowest BCUT2D eigenvalue weighted by Gasteiger charge is -2.10. The highest BCUT2D eigenvalue weighted by molar-refractivity contribution is 5.92. The normalized spacial score (nSPS) is 11.9. The van der Waals surface area contributed by atoms with Gasteiger partial charge in [0, 0.05) is 6.54 Å². The number of amides is 1. The number of aromatic nitrogens is 2. The molecule has 9 heteroatoms. The van der Waals surface area contributed by atoms with Gasteiger partial charge in [0.15, 0.2) is 0 Å². The van der Waals surface area contributed by atoms with Gasteiger partial charge in [-0.1, -0.05) is 0 Å². The highest BCUT2D eigenvalue weighted by Gasteiger charge is 2.27. The molecule has 0 bridgehead atoms. The van der Waals surface area contributed by atoms with E-state index in [1.54, 1.807) is 0 Å². The summed E-state index contributed by atoms with van der Waals surface area (Å²) in [5.74, 6) is -1.11. The van der Waals surface area contributed by atoms with Crippen molar-refractivity contribution in [1.29, 1.82) is 0 Å². The van der Waals surface area contributed by atoms with Crippen LogP contribution in [0.25, 0.3) is 0 Å². The van der Waals surface area contributed by atoms with Gasteiger partial charge in [-0.15, -0.1) is 0 Å². The van der Waals surface area contributed by atoms with Gasteiger partial charge < -0.3 is 5.32 Å². The van der Waals surface area contributed by atoms with Crippen LogP contribution in [0.5, 0.6) is 0 Å². The van der Waals surface area contributed by atoms with Gasteiger partial charge in [0.2, 0.25) is 0 Å². The minimum atomic E-state index is -4.41. The highest BCUT2D eigenvalue weighted by atomic mass is 19.4. The summed E-state index contributed by atoms with van der Waals surface area (Å²) in [6.07, 6.45) is -4.74. The third kappa shape index (κ3) is 3.67. The largest absolute Gasteiger partial charge is 0.390 e. The molecule has 0 spiro atoms. The first-order valence-electron chi connectivity index (χ1n) is 4.89. The Balaban J connectivity index is 2.68. The van der Waals surface area contributed by atoms with E-state index in [4.69, 9.17) is 0 Å². The summed E-state index contributed by atoms with van der Waals surface area (Å²) >= 11 is 0. The topological polar surface area (TPSA) is 46.9 Å². The van der Waals surface area contributed by atoms with Crippen molar-refractivity contribution < 1.29 is 26.7 Å². The van der Waals surface area contributed by atoms with Crippen LogP contribution in [0.1, 0.15) is 29.3 Å². The first-order chi connectivity index (χ1) is 8.22. The predicted octanol–water partition coefficient (Wildman–Crippen LogP) is 2.27. The van der Waals surface area contributed by atoms with Crippen molar-refractivity contribution in [2.24, 2.45) is 0 Å². The van der Waals surface area contributed by atoms with Crippen LogP contribution >= 0.6 is 0 Å². The van der Waals surface area contributed by atoms with Crippen LogP contribution in [-0.2, 0) is 0 Å². The molecule has 0 saturated carbocycles. The lowest BCUT2D eigenvalue weighted by molar-refractivity contribution is -0.133. The fraction of sp³-hybridized carbons (Fsp3) is 0.556. The molecule has 1 heterocycles. The molecule has 0 fully saturated rings. The van der Waals surface area contributed by atoms with E-state index in [2.05, 4.69) is 4.98 Å². The molecule has 0 aliphatic carbocycles. The number of nitrogens with zero attached hydrogens (tertiary/aromatic N) is 2. The zero-order chi connectivity index (χ0) is 13.9. The molecule has 0 saturated heterocycles. The van der Waals surface area contributed by atoms with Crippen LogP contribution in [0.3, 0.4) is 0 Å². The van der Waals surface area contributed by atoms with E-state index >= 15 is 0 Å². The minimum Gasteiger partial charge on any atom is -0.350 e. The van der Waals surface area contributed by atoms with Crippen molar-refractivity contribution in [1.82, 2.24) is 14.9 Å². The van der Waals surface area contributed by atoms with Crippen LogP contribution in [-0.4, -0.2) is 28.2 Å². The van der Waals surface area contributed by atoms with Crippen LogP contribution in [0.15, 0.2) is 6.20 Å². The molecular weight excluding hydrogens is 261 g/mol. The minimum absolute atomic E-state index is 0.0917. The lowest BCUT2D eigenvalue weighted by Crippen LogP contribution is -2.29. The van der Waals surface area contributed by atoms with Crippen molar-refractivity contribution in [3.8, 4) is 0 Å². The standard InChI is InChI=1S/C9H10F5N3O/c1-5-16-4-6(17(5)8(10)11)7(18)15-3-2-9(12,13)14/h4,8H,2-3H2,1H3,(H,15,18). The SMILES string of the molecule is Cc1ncc(C(=O)NCCC(F)(F)F)n1C(F)F. The van der Waals surface area contributed by atoms with Crippen molar-refractivity contribution >= 4 is 5.91 Å². The Morgan fingerprint density at radius 2 is 2.11 bits per heavy atom. The van der Waals surface area contributed by atoms with Crippen molar-refractivity contribution in [2.45, 2.75) is 26.1 Å². The van der Waals surface area contributed by atoms with E-state index < -0.39 is 37.3 Å². The monoisotopic (exact) mass is 271 g/mol. The second kappa shape index (κ2) is 5.32. The van der Waals surface area contributed by atoms with Gasteiger partial charge in [-0.2, -0.15) is 22.0 Å². The number of rotatable bonds is 4. The molecule has 1 amide bonds. The Kier molecular flexibility index (Phi) is 4.25. The summed E-state index contributed by atoms with van der Waals surface area (Å²) in [6.45, 7) is -2.38. The van der Waals surface area contributed by atoms with Crippen LogP contribution < -0.4 is 5.32 Å². The van der Waals surface area contributed by atoms with E-state index in [0.717, 1.165) is 6.20 Å². The van der Waals surface area contributed by atoms with Gasteiger partial charge in [-0.25, -0.2) is 4.98 Å². The van der Waals surface area contributed by atoms with E-state index in [9.17, 15) is 26.7 Å². The third-order valence-corrected chi connectivity index (χ3v) is 2.10. The molecule has 0 atom stereocenters. The second-order valence-electron chi connectivity index (χ2n) is 3.46. The summed E-state index contributed by atoms with van der Waals surface area (Å²) in [7, 11) is 0. The van der Waals surface area contributed by atoms with Crippen molar-refractivity contribution in [3.63, 3.8) is 0 Å². The maximum atomic E-state index is 12.6. The predicted molar refractivity (Wildman–Crippen MR) is 51.2 cm³/mol. The number of hydrogen-bond acceptors (Lipinski definition) is 2. The molecule has 0 aromatic carbocycles. The Morgan fingerprint density at radius 3 is 2.61 bits per heavy atom. The number of carbonyl (C=O) groups is 1. The van der Waals surface area contributed by atoms with Crippen molar-refractivity contribution in [2.75, 3.05) is 6.54 Å². The molecular formula is C9H10F5N3O. The summed E-state index contributed by atoms with van der Waals surface area (Å²) in [5.41, 5.74) is -0.468. The van der Waals surface area contributed by atoms with Crippen LogP contribution in [0, 0.1) is 6.92 Å². The number of alkyl halides is 5. The Hall–Kier alpha value is -1.67. The maximum absolute atomic E-state index is 12.6. The number of halogens is 5. The van der Waals surface area contributed by atoms with Gasteiger partial charge in [0.25, 0.3) is 5.91 Å². The van der Waals surface area contributed by atoms with E-state index in [1.165, 1.54) is 6.92 Å². The van der Waals surface area contributed by atoms with Gasteiger partial charge in [-0.3, -0.25) is 9.36 Å². The molecule has 1 N–H and O–H groups in total. The summed E-state index contributed by atoms with van der Waals surface area (Å²) in [6, 6.07) is 0. The molecule has 0 aliphatic heterocycles. The fourth-order valence-corrected chi connectivity index (χ4v) is 1.28. The molecule has 0 radical (unpaired) electrons. The molecule has 0 aliphatic rings. The van der Waals surface area contributed by atoms with Crippen LogP contribution in [0.4, 0.5) is 22.0 Å². The zero-order valence-corrected chi connectivity index (χ0v) is 9.26. The van der Waals surface area contributed by atoms with Gasteiger partial charge in [0.1, 0.15) is 11.5 Å².